The number of esters is 1. The molecular formula is C29H43NO8Si. The second-order valence-corrected chi connectivity index (χ2v) is 16.4. The fourth-order valence-electron chi connectivity index (χ4n) is 4.79. The number of aliphatic hydroxyl groups is 1. The van der Waals surface area contributed by atoms with Crippen LogP contribution in [0.5, 0.6) is 0 Å². The molecule has 1 N–H and O–H groups in total. The topological polar surface area (TPSA) is 112 Å². The molecule has 2 aliphatic rings. The molecule has 1 aromatic carbocycles. The maximum Gasteiger partial charge on any atom is 0.303 e. The Hall–Kier alpha value is -2.37. The number of amides is 2. The SMILES string of the molecule is CC(=O)O[C@H]1[C@H](O)[C@@H](COCc2ccccc2)O[C@@H](O[Si](C)(C)C(C)(C)C(C)C)[C@@H]1N1C(=O)C(C)=C(C)C1=O. The Morgan fingerprint density at radius 3 is 2.18 bits per heavy atom. The van der Waals surface area contributed by atoms with Gasteiger partial charge in [0.25, 0.3) is 11.8 Å². The van der Waals surface area contributed by atoms with Gasteiger partial charge in [-0.05, 0) is 43.5 Å². The molecule has 2 aliphatic heterocycles. The summed E-state index contributed by atoms with van der Waals surface area (Å²) in [4.78, 5) is 39.8. The second-order valence-electron chi connectivity index (χ2n) is 11.8. The zero-order valence-corrected chi connectivity index (χ0v) is 25.5. The van der Waals surface area contributed by atoms with E-state index >= 15 is 0 Å². The molecule has 1 aromatic rings. The van der Waals surface area contributed by atoms with Gasteiger partial charge in [0, 0.05) is 18.1 Å². The molecule has 0 spiro atoms. The number of carbonyl (C=O) groups is 3. The highest BCUT2D eigenvalue weighted by Crippen LogP contribution is 2.46. The molecule has 0 bridgehead atoms. The molecular weight excluding hydrogens is 518 g/mol. The van der Waals surface area contributed by atoms with Crippen LogP contribution in [0, 0.1) is 5.92 Å². The van der Waals surface area contributed by atoms with Gasteiger partial charge in [-0.2, -0.15) is 0 Å². The molecule has 1 fully saturated rings. The third-order valence-electron chi connectivity index (χ3n) is 8.68. The van der Waals surface area contributed by atoms with Crippen LogP contribution in [-0.2, 0) is 39.6 Å². The lowest BCUT2D eigenvalue weighted by atomic mass is 9.95. The number of benzene rings is 1. The van der Waals surface area contributed by atoms with Crippen LogP contribution < -0.4 is 0 Å². The maximum atomic E-state index is 13.3. The summed E-state index contributed by atoms with van der Waals surface area (Å²) in [5.41, 5.74) is 1.53. The molecule has 3 rings (SSSR count). The number of nitrogens with zero attached hydrogens (tertiary/aromatic N) is 1. The molecule has 2 heterocycles. The van der Waals surface area contributed by atoms with Crippen LogP contribution in [0.2, 0.25) is 18.1 Å². The quantitative estimate of drug-likeness (QED) is 0.260. The molecule has 216 valence electrons. The van der Waals surface area contributed by atoms with Crippen LogP contribution in [0.25, 0.3) is 0 Å². The van der Waals surface area contributed by atoms with E-state index in [1.165, 1.54) is 6.92 Å². The summed E-state index contributed by atoms with van der Waals surface area (Å²) in [7, 11) is -2.61. The third-order valence-corrected chi connectivity index (χ3v) is 13.2. The summed E-state index contributed by atoms with van der Waals surface area (Å²) in [6, 6.07) is 8.38. The molecule has 0 saturated carbocycles. The minimum Gasteiger partial charge on any atom is -0.457 e. The average Bonchev–Trinajstić information content (AvgIpc) is 3.04. The van der Waals surface area contributed by atoms with Gasteiger partial charge in [0.1, 0.15) is 18.2 Å². The molecule has 0 aromatic heterocycles. The van der Waals surface area contributed by atoms with Gasteiger partial charge in [-0.25, -0.2) is 0 Å². The van der Waals surface area contributed by atoms with E-state index in [1.807, 2.05) is 30.3 Å². The third kappa shape index (κ3) is 6.35. The van der Waals surface area contributed by atoms with Gasteiger partial charge in [-0.1, -0.05) is 58.0 Å². The summed E-state index contributed by atoms with van der Waals surface area (Å²) in [5.74, 6) is -1.44. The van der Waals surface area contributed by atoms with Crippen LogP contribution >= 0.6 is 0 Å². The summed E-state index contributed by atoms with van der Waals surface area (Å²) in [6.07, 6.45) is -4.73. The number of aliphatic hydroxyl groups excluding tert-OH is 1. The normalized spacial score (nSPS) is 26.5. The molecule has 1 saturated heterocycles. The minimum absolute atomic E-state index is 0.0197. The molecule has 9 nitrogen and oxygen atoms in total. The number of carbonyl (C=O) groups excluding carboxylic acids is 3. The lowest BCUT2D eigenvalue weighted by Gasteiger charge is -2.51. The highest BCUT2D eigenvalue weighted by molar-refractivity contribution is 6.74. The number of hydrogen-bond acceptors (Lipinski definition) is 8. The summed E-state index contributed by atoms with van der Waals surface area (Å²) in [5, 5.41) is 11.2. The molecule has 0 aliphatic carbocycles. The van der Waals surface area contributed by atoms with Crippen molar-refractivity contribution in [1.29, 1.82) is 0 Å². The Labute approximate surface area is 232 Å². The van der Waals surface area contributed by atoms with E-state index in [9.17, 15) is 19.5 Å². The fraction of sp³-hybridized carbons (Fsp3) is 0.621. The van der Waals surface area contributed by atoms with Crippen LogP contribution in [0.4, 0.5) is 0 Å². The van der Waals surface area contributed by atoms with Crippen molar-refractivity contribution in [3.63, 3.8) is 0 Å². The van der Waals surface area contributed by atoms with E-state index in [0.717, 1.165) is 10.5 Å². The van der Waals surface area contributed by atoms with Crippen molar-refractivity contribution in [2.24, 2.45) is 5.92 Å². The predicted octanol–water partition coefficient (Wildman–Crippen LogP) is 3.95. The van der Waals surface area contributed by atoms with E-state index in [2.05, 4.69) is 40.8 Å². The first kappa shape index (κ1) is 31.2. The maximum absolute atomic E-state index is 13.3. The minimum atomic E-state index is -2.61. The molecule has 0 unspecified atom stereocenters. The van der Waals surface area contributed by atoms with E-state index < -0.39 is 56.7 Å². The van der Waals surface area contributed by atoms with Crippen LogP contribution in [0.3, 0.4) is 0 Å². The Morgan fingerprint density at radius 1 is 1.10 bits per heavy atom. The zero-order valence-electron chi connectivity index (χ0n) is 24.5. The van der Waals surface area contributed by atoms with Crippen molar-refractivity contribution in [1.82, 2.24) is 4.90 Å². The van der Waals surface area contributed by atoms with Crippen LogP contribution in [0.1, 0.15) is 54.0 Å². The molecule has 39 heavy (non-hydrogen) atoms. The van der Waals surface area contributed by atoms with Gasteiger partial charge >= 0.3 is 5.97 Å². The lowest BCUT2D eigenvalue weighted by Crippen LogP contribution is -2.68. The zero-order chi connectivity index (χ0) is 29.3. The number of ether oxygens (including phenoxy) is 3. The van der Waals surface area contributed by atoms with Gasteiger partial charge < -0.3 is 23.7 Å². The van der Waals surface area contributed by atoms with Crippen LogP contribution in [0.15, 0.2) is 41.5 Å². The summed E-state index contributed by atoms with van der Waals surface area (Å²) in [6.45, 7) is 17.2. The standard InChI is InChI=1S/C29H43NO8Si/c1-17(2)29(6,7)39(8,9)38-28-23(30-26(33)18(3)19(4)27(30)34)25(36-20(5)31)24(32)22(37-28)16-35-15-21-13-11-10-12-14-21/h10-14,17,22-25,28,32H,15-16H2,1-9H3/t22-,23-,24-,25-,28+/m1/s1. The largest absolute Gasteiger partial charge is 0.457 e. The van der Waals surface area contributed by atoms with Crippen molar-refractivity contribution in [3.05, 3.63) is 47.0 Å². The van der Waals surface area contributed by atoms with Gasteiger partial charge in [0.2, 0.25) is 0 Å². The number of imide groups is 1. The van der Waals surface area contributed by atoms with E-state index in [-0.39, 0.29) is 24.2 Å². The van der Waals surface area contributed by atoms with E-state index in [0.29, 0.717) is 11.1 Å². The van der Waals surface area contributed by atoms with Gasteiger partial charge in [0.05, 0.1) is 13.2 Å². The first-order valence-corrected chi connectivity index (χ1v) is 16.4. The van der Waals surface area contributed by atoms with Crippen molar-refractivity contribution in [3.8, 4) is 0 Å². The molecule has 2 amide bonds. The smallest absolute Gasteiger partial charge is 0.303 e. The molecule has 10 heteroatoms. The van der Waals surface area contributed by atoms with Crippen LogP contribution in [-0.4, -0.2) is 73.4 Å². The van der Waals surface area contributed by atoms with Gasteiger partial charge in [-0.15, -0.1) is 0 Å². The summed E-state index contributed by atoms with van der Waals surface area (Å²) < 4.78 is 24.6. The van der Waals surface area contributed by atoms with Gasteiger partial charge in [0.15, 0.2) is 20.7 Å². The van der Waals surface area contributed by atoms with Crippen molar-refractivity contribution < 1.29 is 38.1 Å². The van der Waals surface area contributed by atoms with E-state index in [4.69, 9.17) is 18.6 Å². The predicted molar refractivity (Wildman–Crippen MR) is 148 cm³/mol. The Balaban J connectivity index is 1.99. The average molecular weight is 562 g/mol. The lowest BCUT2D eigenvalue weighted by molar-refractivity contribution is -0.269. The second kappa shape index (κ2) is 12.0. The molecule has 0 radical (unpaired) electrons. The van der Waals surface area contributed by atoms with E-state index in [1.54, 1.807) is 13.8 Å². The molecule has 5 atom stereocenters. The van der Waals surface area contributed by atoms with Crippen molar-refractivity contribution >= 4 is 26.1 Å². The Bertz CT molecular complexity index is 1080. The highest BCUT2D eigenvalue weighted by atomic mass is 28.4. The first-order valence-electron chi connectivity index (χ1n) is 13.5. The summed E-state index contributed by atoms with van der Waals surface area (Å²) >= 11 is 0. The van der Waals surface area contributed by atoms with Crippen molar-refractivity contribution in [2.75, 3.05) is 6.61 Å². The highest BCUT2D eigenvalue weighted by Gasteiger charge is 2.57. The number of hydrogen-bond donors (Lipinski definition) is 1. The fourth-order valence-corrected chi connectivity index (χ4v) is 7.26. The number of rotatable bonds is 10. The van der Waals surface area contributed by atoms with Crippen molar-refractivity contribution in [2.45, 2.75) is 104 Å². The monoisotopic (exact) mass is 561 g/mol. The Morgan fingerprint density at radius 2 is 1.67 bits per heavy atom. The first-order chi connectivity index (χ1) is 18.1. The van der Waals surface area contributed by atoms with Gasteiger partial charge in [-0.3, -0.25) is 19.3 Å². The Kier molecular flexibility index (Phi) is 9.60.